The van der Waals surface area contributed by atoms with Gasteiger partial charge < -0.3 is 15.6 Å². The first kappa shape index (κ1) is 16.0. The van der Waals surface area contributed by atoms with Gasteiger partial charge in [0.2, 0.25) is 10.0 Å². The van der Waals surface area contributed by atoms with Crippen LogP contribution < -0.4 is 11.1 Å². The lowest BCUT2D eigenvalue weighted by molar-refractivity contribution is 0.0955. The highest BCUT2D eigenvalue weighted by molar-refractivity contribution is 7.89. The van der Waals surface area contributed by atoms with Crippen molar-refractivity contribution in [3.63, 3.8) is 0 Å². The second-order valence-corrected chi connectivity index (χ2v) is 7.48. The van der Waals surface area contributed by atoms with Crippen LogP contribution in [0.5, 0.6) is 0 Å². The van der Waals surface area contributed by atoms with Crippen LogP contribution in [-0.4, -0.2) is 49.4 Å². The van der Waals surface area contributed by atoms with Crippen molar-refractivity contribution in [1.29, 1.82) is 0 Å². The highest BCUT2D eigenvalue weighted by atomic mass is 32.2. The van der Waals surface area contributed by atoms with E-state index >= 15 is 0 Å². The average molecular weight is 314 g/mol. The highest BCUT2D eigenvalue weighted by Crippen LogP contribution is 2.24. The van der Waals surface area contributed by atoms with Crippen molar-refractivity contribution in [2.24, 2.45) is 18.7 Å². The molecule has 2 atom stereocenters. The minimum Gasteiger partial charge on any atom is -0.354 e. The van der Waals surface area contributed by atoms with Gasteiger partial charge in [-0.3, -0.25) is 4.79 Å². The summed E-state index contributed by atoms with van der Waals surface area (Å²) in [5.41, 5.74) is 6.28. The molecule has 0 aliphatic carbocycles. The maximum absolute atomic E-state index is 12.6. The van der Waals surface area contributed by atoms with Crippen molar-refractivity contribution >= 4 is 15.9 Å². The summed E-state index contributed by atoms with van der Waals surface area (Å²) in [5.74, 6) is -0.00317. The lowest BCUT2D eigenvalue weighted by atomic mass is 9.96. The van der Waals surface area contributed by atoms with Gasteiger partial charge in [-0.05, 0) is 18.4 Å². The third-order valence-electron chi connectivity index (χ3n) is 4.06. The molecule has 3 N–H and O–H groups in total. The van der Waals surface area contributed by atoms with Crippen molar-refractivity contribution in [1.82, 2.24) is 14.2 Å². The van der Waals surface area contributed by atoms with Gasteiger partial charge in [0.15, 0.2) is 0 Å². The molecule has 1 aromatic rings. The Morgan fingerprint density at radius 2 is 2.14 bits per heavy atom. The number of nitrogens with one attached hydrogen (secondary N) is 1. The zero-order valence-electron chi connectivity index (χ0n) is 12.5. The lowest BCUT2D eigenvalue weighted by Crippen LogP contribution is -2.49. The molecule has 0 saturated carbocycles. The van der Waals surface area contributed by atoms with E-state index in [4.69, 9.17) is 5.73 Å². The Morgan fingerprint density at radius 3 is 2.71 bits per heavy atom. The van der Waals surface area contributed by atoms with E-state index in [2.05, 4.69) is 5.32 Å². The molecule has 0 spiro atoms. The molecule has 0 radical (unpaired) electrons. The molecule has 2 heterocycles. The van der Waals surface area contributed by atoms with Gasteiger partial charge >= 0.3 is 0 Å². The first-order valence-corrected chi connectivity index (χ1v) is 8.35. The molecule has 2 rings (SSSR count). The molecule has 21 heavy (non-hydrogen) atoms. The van der Waals surface area contributed by atoms with Crippen molar-refractivity contribution in [2.75, 3.05) is 20.1 Å². The SMILES string of the molecule is CNC(=O)c1cc(S(=O)(=O)N2CCC(C)C(N)C2)cn1C. The molecule has 1 aliphatic rings. The van der Waals surface area contributed by atoms with Crippen LogP contribution in [-0.2, 0) is 17.1 Å². The molecule has 8 heteroatoms. The van der Waals surface area contributed by atoms with Crippen LogP contribution in [0, 0.1) is 5.92 Å². The standard InChI is InChI=1S/C13H22N4O3S/c1-9-4-5-17(8-11(9)14)21(19,20)10-6-12(13(18)15-2)16(3)7-10/h6-7,9,11H,4-5,8,14H2,1-3H3,(H,15,18). The molecule has 0 aromatic carbocycles. The summed E-state index contributed by atoms with van der Waals surface area (Å²) in [6.07, 6.45) is 2.21. The molecule has 1 fully saturated rings. The molecule has 0 bridgehead atoms. The lowest BCUT2D eigenvalue weighted by Gasteiger charge is -2.33. The highest BCUT2D eigenvalue weighted by Gasteiger charge is 2.33. The maximum Gasteiger partial charge on any atom is 0.267 e. The number of aromatic nitrogens is 1. The van der Waals surface area contributed by atoms with E-state index in [9.17, 15) is 13.2 Å². The Kier molecular flexibility index (Phi) is 4.40. The number of carbonyl (C=O) groups is 1. The summed E-state index contributed by atoms with van der Waals surface area (Å²) < 4.78 is 28.2. The van der Waals surface area contributed by atoms with E-state index in [0.29, 0.717) is 24.7 Å². The first-order chi connectivity index (χ1) is 9.77. The van der Waals surface area contributed by atoms with E-state index < -0.39 is 10.0 Å². The third-order valence-corrected chi connectivity index (χ3v) is 5.89. The zero-order valence-corrected chi connectivity index (χ0v) is 13.4. The fourth-order valence-corrected chi connectivity index (χ4v) is 4.03. The van der Waals surface area contributed by atoms with Gasteiger partial charge in [0.25, 0.3) is 5.91 Å². The number of rotatable bonds is 3. The fourth-order valence-electron chi connectivity index (χ4n) is 2.46. The Morgan fingerprint density at radius 1 is 1.48 bits per heavy atom. The number of piperidine rings is 1. The Balaban J connectivity index is 2.30. The predicted molar refractivity (Wildman–Crippen MR) is 79.3 cm³/mol. The minimum absolute atomic E-state index is 0.130. The summed E-state index contributed by atoms with van der Waals surface area (Å²) in [5, 5.41) is 2.49. The molecule has 2 unspecified atom stereocenters. The van der Waals surface area contributed by atoms with E-state index in [1.54, 1.807) is 7.05 Å². The van der Waals surface area contributed by atoms with E-state index in [-0.39, 0.29) is 16.8 Å². The van der Waals surface area contributed by atoms with Gasteiger partial charge in [-0.1, -0.05) is 6.92 Å². The van der Waals surface area contributed by atoms with Gasteiger partial charge in [-0.25, -0.2) is 8.42 Å². The molecular weight excluding hydrogens is 292 g/mol. The number of nitrogens with zero attached hydrogens (tertiary/aromatic N) is 2. The summed E-state index contributed by atoms with van der Waals surface area (Å²) >= 11 is 0. The van der Waals surface area contributed by atoms with Crippen LogP contribution in [0.15, 0.2) is 17.2 Å². The third kappa shape index (κ3) is 2.97. The summed E-state index contributed by atoms with van der Waals surface area (Å²) in [7, 11) is -0.454. The number of nitrogens with two attached hydrogens (primary N) is 1. The number of carbonyl (C=O) groups excluding carboxylic acids is 1. The molecule has 118 valence electrons. The molecule has 1 amide bonds. The number of amides is 1. The quantitative estimate of drug-likeness (QED) is 0.803. The minimum atomic E-state index is -3.61. The van der Waals surface area contributed by atoms with Crippen molar-refractivity contribution in [2.45, 2.75) is 24.3 Å². The zero-order chi connectivity index (χ0) is 15.8. The average Bonchev–Trinajstić information content (AvgIpc) is 2.83. The molecular formula is C13H22N4O3S. The van der Waals surface area contributed by atoms with Crippen LogP contribution in [0.3, 0.4) is 0 Å². The van der Waals surface area contributed by atoms with Crippen LogP contribution in [0.1, 0.15) is 23.8 Å². The van der Waals surface area contributed by atoms with Crippen molar-refractivity contribution in [3.05, 3.63) is 18.0 Å². The topological polar surface area (TPSA) is 97.4 Å². The Hall–Kier alpha value is -1.38. The van der Waals surface area contributed by atoms with Crippen LogP contribution >= 0.6 is 0 Å². The summed E-state index contributed by atoms with van der Waals surface area (Å²) in [6.45, 7) is 2.80. The van der Waals surface area contributed by atoms with E-state index in [1.807, 2.05) is 6.92 Å². The number of sulfonamides is 1. The second kappa shape index (κ2) is 5.78. The molecule has 1 aromatic heterocycles. The predicted octanol–water partition coefficient (Wildman–Crippen LogP) is -0.257. The smallest absolute Gasteiger partial charge is 0.267 e. The monoisotopic (exact) mass is 314 g/mol. The van der Waals surface area contributed by atoms with Gasteiger partial charge in [0.05, 0.1) is 0 Å². The summed E-state index contributed by atoms with van der Waals surface area (Å²) in [6, 6.07) is 1.24. The van der Waals surface area contributed by atoms with Gasteiger partial charge in [-0.15, -0.1) is 0 Å². The summed E-state index contributed by atoms with van der Waals surface area (Å²) in [4.78, 5) is 11.8. The Bertz CT molecular complexity index is 638. The Labute approximate surface area is 125 Å². The first-order valence-electron chi connectivity index (χ1n) is 6.91. The van der Waals surface area contributed by atoms with Crippen LogP contribution in [0.2, 0.25) is 0 Å². The van der Waals surface area contributed by atoms with E-state index in [1.165, 1.54) is 28.2 Å². The maximum atomic E-state index is 12.6. The van der Waals surface area contributed by atoms with E-state index in [0.717, 1.165) is 6.42 Å². The van der Waals surface area contributed by atoms with Crippen LogP contribution in [0.25, 0.3) is 0 Å². The van der Waals surface area contributed by atoms with Gasteiger partial charge in [-0.2, -0.15) is 4.31 Å². The molecule has 1 saturated heterocycles. The number of aryl methyl sites for hydroxylation is 1. The molecule has 1 aliphatic heterocycles. The fraction of sp³-hybridized carbons (Fsp3) is 0.615. The second-order valence-electron chi connectivity index (χ2n) is 5.54. The normalized spacial score (nSPS) is 24.0. The van der Waals surface area contributed by atoms with Crippen molar-refractivity contribution in [3.8, 4) is 0 Å². The van der Waals surface area contributed by atoms with Crippen molar-refractivity contribution < 1.29 is 13.2 Å². The van der Waals surface area contributed by atoms with Gasteiger partial charge in [0.1, 0.15) is 10.6 Å². The van der Waals surface area contributed by atoms with Gasteiger partial charge in [0, 0.05) is 39.4 Å². The number of hydrogen-bond donors (Lipinski definition) is 2. The largest absolute Gasteiger partial charge is 0.354 e. The number of hydrogen-bond acceptors (Lipinski definition) is 4. The van der Waals surface area contributed by atoms with Crippen LogP contribution in [0.4, 0.5) is 0 Å². The molecule has 7 nitrogen and oxygen atoms in total.